The van der Waals surface area contributed by atoms with Gasteiger partial charge in [0.25, 0.3) is 0 Å². The van der Waals surface area contributed by atoms with E-state index in [0.717, 1.165) is 32.4 Å². The summed E-state index contributed by atoms with van der Waals surface area (Å²) in [6, 6.07) is 10.6. The van der Waals surface area contributed by atoms with Crippen LogP contribution in [0, 0.1) is 5.41 Å². The Morgan fingerprint density at radius 2 is 1.88 bits per heavy atom. The second-order valence-electron chi connectivity index (χ2n) is 5.52. The van der Waals surface area contributed by atoms with E-state index in [4.69, 9.17) is 0 Å². The summed E-state index contributed by atoms with van der Waals surface area (Å²) < 4.78 is 0. The second kappa shape index (κ2) is 3.95. The van der Waals surface area contributed by atoms with Crippen molar-refractivity contribution in [3.05, 3.63) is 35.9 Å². The Kier molecular flexibility index (Phi) is 2.55. The predicted molar refractivity (Wildman–Crippen MR) is 67.9 cm³/mol. The normalized spacial score (nSPS) is 36.2. The summed E-state index contributed by atoms with van der Waals surface area (Å²) in [5.41, 5.74) is 1.25. The first-order valence-electron chi connectivity index (χ1n) is 6.54. The SMILES string of the molecule is CC1C(=O)C2(Cc3ccccc3)CCN1CC2. The van der Waals surface area contributed by atoms with E-state index in [2.05, 4.69) is 36.1 Å². The van der Waals surface area contributed by atoms with Gasteiger partial charge in [-0.2, -0.15) is 0 Å². The molecule has 2 nitrogen and oxygen atoms in total. The van der Waals surface area contributed by atoms with Crippen molar-refractivity contribution in [3.8, 4) is 0 Å². The van der Waals surface area contributed by atoms with Gasteiger partial charge in [0.1, 0.15) is 0 Å². The number of hydrogen-bond donors (Lipinski definition) is 0. The van der Waals surface area contributed by atoms with Crippen LogP contribution in [0.1, 0.15) is 25.3 Å². The highest BCUT2D eigenvalue weighted by atomic mass is 16.1. The van der Waals surface area contributed by atoms with Gasteiger partial charge >= 0.3 is 0 Å². The minimum absolute atomic E-state index is 0.0600. The Bertz CT molecular complexity index is 418. The summed E-state index contributed by atoms with van der Waals surface area (Å²) in [6.07, 6.45) is 3.03. The Hall–Kier alpha value is -1.15. The number of piperidine rings is 3. The molecule has 1 aromatic carbocycles. The second-order valence-corrected chi connectivity index (χ2v) is 5.52. The minimum atomic E-state index is -0.0600. The molecule has 1 atom stereocenters. The number of carbonyl (C=O) groups excluding carboxylic acids is 1. The molecule has 4 rings (SSSR count). The monoisotopic (exact) mass is 229 g/mol. The van der Waals surface area contributed by atoms with E-state index in [0.29, 0.717) is 5.78 Å². The van der Waals surface area contributed by atoms with Gasteiger partial charge in [0.15, 0.2) is 5.78 Å². The van der Waals surface area contributed by atoms with Gasteiger partial charge in [-0.1, -0.05) is 30.3 Å². The number of hydrogen-bond acceptors (Lipinski definition) is 2. The molecule has 0 saturated carbocycles. The van der Waals surface area contributed by atoms with Crippen molar-refractivity contribution in [1.29, 1.82) is 0 Å². The zero-order valence-electron chi connectivity index (χ0n) is 10.4. The predicted octanol–water partition coefficient (Wildman–Crippen LogP) is 2.28. The van der Waals surface area contributed by atoms with Crippen LogP contribution in [0.3, 0.4) is 0 Å². The molecular weight excluding hydrogens is 210 g/mol. The number of fused-ring (bicyclic) bond motifs is 3. The van der Waals surface area contributed by atoms with E-state index >= 15 is 0 Å². The van der Waals surface area contributed by atoms with Crippen molar-refractivity contribution in [3.63, 3.8) is 0 Å². The van der Waals surface area contributed by atoms with Gasteiger partial charge in [-0.05, 0) is 44.8 Å². The first-order valence-corrected chi connectivity index (χ1v) is 6.54. The summed E-state index contributed by atoms with van der Waals surface area (Å²) in [7, 11) is 0. The first kappa shape index (κ1) is 11.0. The quantitative estimate of drug-likeness (QED) is 0.775. The number of nitrogens with zero attached hydrogens (tertiary/aromatic N) is 1. The maximum absolute atomic E-state index is 12.5. The summed E-state index contributed by atoms with van der Waals surface area (Å²) in [6.45, 7) is 4.26. The van der Waals surface area contributed by atoms with Crippen LogP contribution >= 0.6 is 0 Å². The van der Waals surface area contributed by atoms with E-state index in [1.165, 1.54) is 5.56 Å². The van der Waals surface area contributed by atoms with Crippen molar-refractivity contribution in [1.82, 2.24) is 4.90 Å². The zero-order valence-corrected chi connectivity index (χ0v) is 10.4. The third-order valence-corrected chi connectivity index (χ3v) is 4.59. The first-order chi connectivity index (χ1) is 8.21. The molecule has 1 unspecified atom stereocenters. The van der Waals surface area contributed by atoms with Gasteiger partial charge in [0, 0.05) is 5.41 Å². The molecule has 2 heteroatoms. The molecule has 0 amide bonds. The van der Waals surface area contributed by atoms with Crippen LogP contribution in [-0.4, -0.2) is 29.8 Å². The molecule has 3 fully saturated rings. The fraction of sp³-hybridized carbons (Fsp3) is 0.533. The molecular formula is C15H19NO. The van der Waals surface area contributed by atoms with E-state index in [-0.39, 0.29) is 11.5 Å². The Labute approximate surface area is 103 Å². The molecule has 0 aromatic heterocycles. The van der Waals surface area contributed by atoms with Crippen LogP contribution in [0.2, 0.25) is 0 Å². The topological polar surface area (TPSA) is 20.3 Å². The molecule has 0 spiro atoms. The molecule has 0 radical (unpaired) electrons. The van der Waals surface area contributed by atoms with Gasteiger partial charge in [-0.3, -0.25) is 9.69 Å². The van der Waals surface area contributed by atoms with E-state index in [1.54, 1.807) is 0 Å². The van der Waals surface area contributed by atoms with Crippen LogP contribution in [0.15, 0.2) is 30.3 Å². The fourth-order valence-corrected chi connectivity index (χ4v) is 3.45. The van der Waals surface area contributed by atoms with Crippen molar-refractivity contribution in [2.24, 2.45) is 5.41 Å². The van der Waals surface area contributed by atoms with E-state index in [1.807, 2.05) is 6.07 Å². The third-order valence-electron chi connectivity index (χ3n) is 4.59. The van der Waals surface area contributed by atoms with E-state index in [9.17, 15) is 4.79 Å². The largest absolute Gasteiger partial charge is 0.297 e. The molecule has 0 N–H and O–H groups in total. The highest BCUT2D eigenvalue weighted by Gasteiger charge is 2.49. The van der Waals surface area contributed by atoms with Crippen molar-refractivity contribution in [2.45, 2.75) is 32.2 Å². The number of ketones is 1. The number of carbonyl (C=O) groups is 1. The highest BCUT2D eigenvalue weighted by molar-refractivity contribution is 5.91. The van der Waals surface area contributed by atoms with Gasteiger partial charge in [0.2, 0.25) is 0 Å². The van der Waals surface area contributed by atoms with Crippen LogP contribution in [0.25, 0.3) is 0 Å². The van der Waals surface area contributed by atoms with Crippen molar-refractivity contribution in [2.75, 3.05) is 13.1 Å². The maximum Gasteiger partial charge on any atom is 0.156 e. The number of benzene rings is 1. The summed E-state index contributed by atoms with van der Waals surface area (Å²) in [4.78, 5) is 14.8. The van der Waals surface area contributed by atoms with Crippen LogP contribution < -0.4 is 0 Å². The summed E-state index contributed by atoms with van der Waals surface area (Å²) >= 11 is 0. The third kappa shape index (κ3) is 1.71. The average molecular weight is 229 g/mol. The lowest BCUT2D eigenvalue weighted by atomic mass is 9.65. The molecule has 3 saturated heterocycles. The Morgan fingerprint density at radius 3 is 2.53 bits per heavy atom. The van der Waals surface area contributed by atoms with Crippen LogP contribution in [0.4, 0.5) is 0 Å². The molecule has 0 aliphatic carbocycles. The van der Waals surface area contributed by atoms with Gasteiger partial charge in [-0.25, -0.2) is 0 Å². The Morgan fingerprint density at radius 1 is 1.24 bits per heavy atom. The lowest BCUT2D eigenvalue weighted by Crippen LogP contribution is -2.60. The lowest BCUT2D eigenvalue weighted by molar-refractivity contribution is -0.146. The molecule has 2 bridgehead atoms. The average Bonchev–Trinajstić information content (AvgIpc) is 2.37. The maximum atomic E-state index is 12.5. The molecule has 3 aliphatic rings. The standard InChI is InChI=1S/C15H19NO/c1-12-14(17)15(7-9-16(12)10-8-15)11-13-5-3-2-4-6-13/h2-6,12H,7-11H2,1H3. The fourth-order valence-electron chi connectivity index (χ4n) is 3.45. The van der Waals surface area contributed by atoms with Crippen molar-refractivity contribution < 1.29 is 4.79 Å². The minimum Gasteiger partial charge on any atom is -0.297 e. The molecule has 90 valence electrons. The van der Waals surface area contributed by atoms with Gasteiger partial charge in [0.05, 0.1) is 6.04 Å². The smallest absolute Gasteiger partial charge is 0.156 e. The zero-order chi connectivity index (χ0) is 11.9. The Balaban J connectivity index is 1.88. The van der Waals surface area contributed by atoms with Crippen LogP contribution in [-0.2, 0) is 11.2 Å². The molecule has 3 aliphatic heterocycles. The van der Waals surface area contributed by atoms with Crippen LogP contribution in [0.5, 0.6) is 0 Å². The van der Waals surface area contributed by atoms with E-state index < -0.39 is 0 Å². The van der Waals surface area contributed by atoms with Crippen molar-refractivity contribution >= 4 is 5.78 Å². The molecule has 1 aromatic rings. The number of rotatable bonds is 2. The highest BCUT2D eigenvalue weighted by Crippen LogP contribution is 2.42. The summed E-state index contributed by atoms with van der Waals surface area (Å²) in [5, 5.41) is 0. The molecule has 17 heavy (non-hydrogen) atoms. The lowest BCUT2D eigenvalue weighted by Gasteiger charge is -2.50. The van der Waals surface area contributed by atoms with Gasteiger partial charge in [-0.15, -0.1) is 0 Å². The van der Waals surface area contributed by atoms with Gasteiger partial charge < -0.3 is 0 Å². The summed E-state index contributed by atoms with van der Waals surface area (Å²) in [5.74, 6) is 0.471. The number of Topliss-reactive ketones (excluding diaryl/α,β-unsaturated/α-hetero) is 1. The molecule has 3 heterocycles.